The van der Waals surface area contributed by atoms with Crippen LogP contribution in [0.4, 0.5) is 4.39 Å². The number of thioether (sulfide) groups is 1. The number of fused-ring (bicyclic) bond motifs is 1. The fourth-order valence-corrected chi connectivity index (χ4v) is 5.94. The molecule has 0 spiro atoms. The molecular formula is C23H27ClFNO9S. The molecule has 2 aliphatic carbocycles. The van der Waals surface area contributed by atoms with Gasteiger partial charge < -0.3 is 29.8 Å². The molecule has 13 heteroatoms. The summed E-state index contributed by atoms with van der Waals surface area (Å²) in [6, 6.07) is 4.09. The number of benzene rings is 1. The minimum Gasteiger partial charge on any atom is -0.428 e. The molecule has 3 rings (SSSR count). The van der Waals surface area contributed by atoms with Crippen molar-refractivity contribution in [2.24, 2.45) is 29.4 Å². The zero-order valence-electron chi connectivity index (χ0n) is 19.6. The van der Waals surface area contributed by atoms with Gasteiger partial charge in [0.05, 0.1) is 17.0 Å². The van der Waals surface area contributed by atoms with E-state index >= 15 is 0 Å². The molecule has 0 radical (unpaired) electrons. The predicted octanol–water partition coefficient (Wildman–Crippen LogP) is 2.03. The molecule has 2 saturated carbocycles. The summed E-state index contributed by atoms with van der Waals surface area (Å²) in [6.07, 6.45) is -1.00. The van der Waals surface area contributed by atoms with E-state index in [1.165, 1.54) is 30.0 Å². The van der Waals surface area contributed by atoms with E-state index in [4.69, 9.17) is 36.3 Å². The zero-order chi connectivity index (χ0) is 26.6. The molecule has 0 aliphatic heterocycles. The number of carbonyl (C=O) groups is 4. The smallest absolute Gasteiger partial charge is 0.329 e. The second-order valence-corrected chi connectivity index (χ2v) is 9.92. The van der Waals surface area contributed by atoms with Gasteiger partial charge in [-0.1, -0.05) is 25.4 Å². The van der Waals surface area contributed by atoms with E-state index < -0.39 is 78.6 Å². The Kier molecular flexibility index (Phi) is 9.20. The molecule has 0 saturated heterocycles. The first kappa shape index (κ1) is 28.2. The maximum Gasteiger partial charge on any atom is 0.329 e. The van der Waals surface area contributed by atoms with Gasteiger partial charge in [0.1, 0.15) is 11.4 Å². The number of carbonyl (C=O) groups excluding carboxylic acids is 4. The van der Waals surface area contributed by atoms with Crippen molar-refractivity contribution in [1.82, 2.24) is 0 Å². The lowest BCUT2D eigenvalue weighted by Crippen LogP contribution is -2.59. The normalized spacial score (nSPS) is 28.1. The average molecular weight is 548 g/mol. The second-order valence-electron chi connectivity index (χ2n) is 8.42. The van der Waals surface area contributed by atoms with E-state index in [-0.39, 0.29) is 23.6 Å². The number of halogens is 2. The predicted molar refractivity (Wildman–Crippen MR) is 124 cm³/mol. The van der Waals surface area contributed by atoms with E-state index in [0.29, 0.717) is 4.90 Å². The number of rotatable bonds is 11. The van der Waals surface area contributed by atoms with Crippen LogP contribution in [-0.2, 0) is 38.1 Å². The summed E-state index contributed by atoms with van der Waals surface area (Å²) in [5.41, 5.74) is 4.73. The van der Waals surface area contributed by atoms with Crippen LogP contribution in [0.3, 0.4) is 0 Å². The Bertz CT molecular complexity index is 1030. The van der Waals surface area contributed by atoms with Crippen LogP contribution in [0.5, 0.6) is 0 Å². The molecular weight excluding hydrogens is 521 g/mol. The van der Waals surface area contributed by atoms with Crippen LogP contribution in [0.15, 0.2) is 23.1 Å². The highest BCUT2D eigenvalue weighted by Crippen LogP contribution is 2.64. The van der Waals surface area contributed by atoms with Crippen molar-refractivity contribution in [3.8, 4) is 0 Å². The number of nitrogens with two attached hydrogens (primary N) is 1. The fourth-order valence-electron chi connectivity index (χ4n) is 4.48. The molecule has 198 valence electrons. The van der Waals surface area contributed by atoms with E-state index in [0.717, 1.165) is 0 Å². The monoisotopic (exact) mass is 547 g/mol. The van der Waals surface area contributed by atoms with E-state index in [1.54, 1.807) is 13.8 Å². The lowest BCUT2D eigenvalue weighted by Gasteiger charge is -2.34. The topological polar surface area (TPSA) is 151 Å². The van der Waals surface area contributed by atoms with Crippen molar-refractivity contribution < 1.29 is 47.6 Å². The molecule has 0 heterocycles. The highest BCUT2D eigenvalue weighted by atomic mass is 35.5. The molecule has 1 aromatic rings. The quantitative estimate of drug-likeness (QED) is 0.238. The molecule has 0 aromatic heterocycles. The van der Waals surface area contributed by atoms with Crippen LogP contribution >= 0.6 is 23.4 Å². The van der Waals surface area contributed by atoms with Gasteiger partial charge >= 0.3 is 23.9 Å². The van der Waals surface area contributed by atoms with Gasteiger partial charge in [-0.25, -0.2) is 9.18 Å². The average Bonchev–Trinajstić information content (AvgIpc) is 3.57. The van der Waals surface area contributed by atoms with Gasteiger partial charge in [-0.15, -0.1) is 11.8 Å². The summed E-state index contributed by atoms with van der Waals surface area (Å²) in [4.78, 5) is 48.9. The Labute approximate surface area is 215 Å². The lowest BCUT2D eigenvalue weighted by molar-refractivity contribution is -0.173. The zero-order valence-corrected chi connectivity index (χ0v) is 21.2. The molecule has 10 nitrogen and oxygen atoms in total. The van der Waals surface area contributed by atoms with Crippen molar-refractivity contribution in [3.05, 3.63) is 29.0 Å². The highest BCUT2D eigenvalue weighted by molar-refractivity contribution is 7.99. The largest absolute Gasteiger partial charge is 0.428 e. The third kappa shape index (κ3) is 5.77. The van der Waals surface area contributed by atoms with Gasteiger partial charge in [0, 0.05) is 41.2 Å². The number of aliphatic hydroxyl groups excluding tert-OH is 1. The Morgan fingerprint density at radius 3 is 2.28 bits per heavy atom. The summed E-state index contributed by atoms with van der Waals surface area (Å²) in [7, 11) is 0. The van der Waals surface area contributed by atoms with Crippen LogP contribution in [0.2, 0.25) is 5.02 Å². The van der Waals surface area contributed by atoms with E-state index in [9.17, 15) is 28.7 Å². The first-order chi connectivity index (χ1) is 17.1. The number of aliphatic hydroxyl groups is 1. The van der Waals surface area contributed by atoms with Crippen molar-refractivity contribution in [3.63, 3.8) is 0 Å². The summed E-state index contributed by atoms with van der Waals surface area (Å²) in [5, 5.41) is 10.9. The van der Waals surface area contributed by atoms with Crippen LogP contribution in [0.1, 0.15) is 26.7 Å². The maximum absolute atomic E-state index is 13.5. The molecule has 1 aromatic carbocycles. The van der Waals surface area contributed by atoms with Crippen molar-refractivity contribution >= 4 is 47.2 Å². The third-order valence-electron chi connectivity index (χ3n) is 6.40. The van der Waals surface area contributed by atoms with Crippen LogP contribution in [0.25, 0.3) is 0 Å². The molecule has 2 fully saturated rings. The number of hydrogen-bond donors (Lipinski definition) is 2. The molecule has 1 unspecified atom stereocenters. The van der Waals surface area contributed by atoms with E-state index in [2.05, 4.69) is 0 Å². The third-order valence-corrected chi connectivity index (χ3v) is 7.80. The number of esters is 4. The first-order valence-corrected chi connectivity index (χ1v) is 12.6. The van der Waals surface area contributed by atoms with Crippen LogP contribution in [0, 0.1) is 29.5 Å². The summed E-state index contributed by atoms with van der Waals surface area (Å²) in [5.74, 6) is -6.65. The van der Waals surface area contributed by atoms with Crippen LogP contribution < -0.4 is 5.73 Å². The van der Waals surface area contributed by atoms with Gasteiger partial charge in [0.15, 0.2) is 0 Å². The molecule has 36 heavy (non-hydrogen) atoms. The van der Waals surface area contributed by atoms with Crippen molar-refractivity contribution in [2.45, 2.75) is 43.2 Å². The standard InChI is InChI=1S/C23H27ClFNO9S/c1-3-15(27)32-9-34-21(30)18-17-19(18)23(26,22(31)35-10-33-16(28)4-2)12(20(17)29)8-36-11-5-6-14(25)13(24)7-11/h5-7,12,17-20,29H,3-4,8-10,26H2,1-2H3/t12-,17?,18+,19+,20-,23+/m1/s1. The highest BCUT2D eigenvalue weighted by Gasteiger charge is 2.78. The van der Waals surface area contributed by atoms with E-state index in [1.807, 2.05) is 0 Å². The van der Waals surface area contributed by atoms with Gasteiger partial charge in [0.25, 0.3) is 0 Å². The lowest BCUT2D eigenvalue weighted by atomic mass is 9.81. The van der Waals surface area contributed by atoms with Gasteiger partial charge in [0.2, 0.25) is 13.6 Å². The fraction of sp³-hybridized carbons (Fsp3) is 0.565. The number of ether oxygens (including phenoxy) is 4. The Balaban J connectivity index is 1.74. The molecule has 0 bridgehead atoms. The SMILES string of the molecule is CCC(=O)OCOC(=O)[C@H]1C2[C@H](O)[C@@H](CSc3ccc(F)c(Cl)c3)[C@@](N)(C(=O)OCOC(=O)CC)[C@@H]21. The molecule has 0 amide bonds. The summed E-state index contributed by atoms with van der Waals surface area (Å²) in [6.45, 7) is 1.88. The van der Waals surface area contributed by atoms with Gasteiger partial charge in [-0.2, -0.15) is 0 Å². The van der Waals surface area contributed by atoms with Gasteiger partial charge in [-0.05, 0) is 18.2 Å². The first-order valence-electron chi connectivity index (χ1n) is 11.3. The van der Waals surface area contributed by atoms with Crippen molar-refractivity contribution in [2.75, 3.05) is 19.3 Å². The Morgan fingerprint density at radius 2 is 1.69 bits per heavy atom. The molecule has 6 atom stereocenters. The molecule has 3 N–H and O–H groups in total. The minimum absolute atomic E-state index is 0.0742. The summed E-state index contributed by atoms with van der Waals surface area (Å²) < 4.78 is 33.1. The summed E-state index contributed by atoms with van der Waals surface area (Å²) >= 11 is 7.02. The number of hydrogen-bond acceptors (Lipinski definition) is 11. The maximum atomic E-state index is 13.5. The Hall–Kier alpha value is -2.41. The van der Waals surface area contributed by atoms with Gasteiger partial charge in [-0.3, -0.25) is 14.4 Å². The Morgan fingerprint density at radius 1 is 1.08 bits per heavy atom. The second kappa shape index (κ2) is 11.8. The minimum atomic E-state index is -1.82. The molecule has 2 aliphatic rings. The van der Waals surface area contributed by atoms with Crippen LogP contribution in [-0.4, -0.2) is 60.0 Å². The van der Waals surface area contributed by atoms with Crippen molar-refractivity contribution in [1.29, 1.82) is 0 Å².